The largest absolute Gasteiger partial charge is 0.475 e. The number of aromatic nitrogens is 3. The van der Waals surface area contributed by atoms with E-state index in [1.165, 1.54) is 0 Å². The van der Waals surface area contributed by atoms with Gasteiger partial charge in [0, 0.05) is 47.4 Å². The monoisotopic (exact) mass is 420 g/mol. The van der Waals surface area contributed by atoms with Crippen molar-refractivity contribution in [3.63, 3.8) is 0 Å². The molecule has 1 unspecified atom stereocenters. The van der Waals surface area contributed by atoms with Gasteiger partial charge in [0.05, 0.1) is 13.2 Å². The summed E-state index contributed by atoms with van der Waals surface area (Å²) in [5.74, 6) is 1.50. The van der Waals surface area contributed by atoms with E-state index in [1.54, 1.807) is 11.0 Å². The molecule has 0 radical (unpaired) electrons. The highest BCUT2D eigenvalue weighted by atomic mass is 16.5. The first kappa shape index (κ1) is 21.1. The zero-order valence-corrected chi connectivity index (χ0v) is 18.2. The quantitative estimate of drug-likeness (QED) is 0.615. The molecule has 3 heterocycles. The summed E-state index contributed by atoms with van der Waals surface area (Å²) < 4.78 is 11.7. The number of hydrogen-bond acceptors (Lipinski definition) is 5. The number of para-hydroxylation sites is 1. The van der Waals surface area contributed by atoms with Crippen LogP contribution in [-0.2, 0) is 9.53 Å². The molecule has 1 aliphatic heterocycles. The molecular weight excluding hydrogens is 392 g/mol. The number of ether oxygens (including phenoxy) is 2. The van der Waals surface area contributed by atoms with Gasteiger partial charge in [-0.3, -0.25) is 4.79 Å². The number of amides is 1. The Labute approximate surface area is 182 Å². The van der Waals surface area contributed by atoms with Crippen LogP contribution in [0.15, 0.2) is 42.6 Å². The van der Waals surface area contributed by atoms with E-state index in [2.05, 4.69) is 28.8 Å². The lowest BCUT2D eigenvalue weighted by atomic mass is 10.1. The Morgan fingerprint density at radius 2 is 2.19 bits per heavy atom. The number of hydrogen-bond donors (Lipinski definition) is 1. The predicted octanol–water partition coefficient (Wildman–Crippen LogP) is 3.71. The molecule has 3 aromatic rings. The van der Waals surface area contributed by atoms with Crippen LogP contribution in [0, 0.1) is 6.92 Å². The van der Waals surface area contributed by atoms with Crippen molar-refractivity contribution in [3.8, 4) is 5.88 Å². The lowest BCUT2D eigenvalue weighted by molar-refractivity contribution is -0.134. The number of carbonyl (C=O) groups is 1. The number of nitrogens with one attached hydrogen (secondary N) is 1. The lowest BCUT2D eigenvalue weighted by Gasteiger charge is -2.32. The Morgan fingerprint density at radius 1 is 1.35 bits per heavy atom. The Hall–Kier alpha value is -3.19. The van der Waals surface area contributed by atoms with Crippen molar-refractivity contribution in [1.29, 1.82) is 0 Å². The lowest BCUT2D eigenvalue weighted by Crippen LogP contribution is -2.47. The molecular formula is C24H28N4O3. The van der Waals surface area contributed by atoms with E-state index in [0.717, 1.165) is 28.0 Å². The van der Waals surface area contributed by atoms with Crippen LogP contribution < -0.4 is 4.74 Å². The summed E-state index contributed by atoms with van der Waals surface area (Å²) in [6, 6.07) is 9.86. The van der Waals surface area contributed by atoms with E-state index in [4.69, 9.17) is 9.47 Å². The molecule has 1 atom stereocenters. The van der Waals surface area contributed by atoms with Gasteiger partial charge >= 0.3 is 0 Å². The second-order valence-corrected chi connectivity index (χ2v) is 8.07. The molecule has 7 heteroatoms. The first-order chi connectivity index (χ1) is 15.0. The summed E-state index contributed by atoms with van der Waals surface area (Å²) in [5.41, 5.74) is 2.92. The van der Waals surface area contributed by atoms with Crippen LogP contribution in [0.2, 0.25) is 0 Å². The maximum atomic E-state index is 12.7. The number of morpholine rings is 1. The van der Waals surface area contributed by atoms with E-state index < -0.39 is 0 Å². The highest BCUT2D eigenvalue weighted by Crippen LogP contribution is 2.19. The normalized spacial score (nSPS) is 17.0. The van der Waals surface area contributed by atoms with Crippen molar-refractivity contribution in [2.24, 2.45) is 0 Å². The van der Waals surface area contributed by atoms with Gasteiger partial charge in [0.25, 0.3) is 0 Å². The summed E-state index contributed by atoms with van der Waals surface area (Å²) >= 11 is 0. The number of benzene rings is 1. The van der Waals surface area contributed by atoms with Gasteiger partial charge in [0.15, 0.2) is 0 Å². The van der Waals surface area contributed by atoms with E-state index >= 15 is 0 Å². The van der Waals surface area contributed by atoms with Gasteiger partial charge in [-0.2, -0.15) is 4.98 Å². The fourth-order valence-corrected chi connectivity index (χ4v) is 3.59. The Bertz CT molecular complexity index is 1090. The number of carbonyl (C=O) groups excluding carboxylic acids is 1. The third-order valence-corrected chi connectivity index (χ3v) is 5.26. The van der Waals surface area contributed by atoms with Crippen LogP contribution in [0.1, 0.15) is 36.8 Å². The molecule has 1 saturated heterocycles. The molecule has 1 amide bonds. The van der Waals surface area contributed by atoms with Crippen LogP contribution in [0.5, 0.6) is 5.88 Å². The minimum absolute atomic E-state index is 0.0291. The topological polar surface area (TPSA) is 80.3 Å². The summed E-state index contributed by atoms with van der Waals surface area (Å²) in [5, 5.41) is 1.10. The SMILES string of the molecule is Cc1cc(OCC2CN(C(=O)/C=C/c3c[nH]c4ccccc34)CCO2)nc(C(C)C)n1. The van der Waals surface area contributed by atoms with E-state index in [-0.39, 0.29) is 17.9 Å². The molecule has 0 saturated carbocycles. The molecule has 1 aromatic carbocycles. The third-order valence-electron chi connectivity index (χ3n) is 5.26. The molecule has 1 N–H and O–H groups in total. The molecule has 0 aliphatic carbocycles. The maximum Gasteiger partial charge on any atom is 0.246 e. The first-order valence-corrected chi connectivity index (χ1v) is 10.6. The Balaban J connectivity index is 1.35. The van der Waals surface area contributed by atoms with Crippen molar-refractivity contribution in [2.45, 2.75) is 32.8 Å². The highest BCUT2D eigenvalue weighted by molar-refractivity contribution is 5.96. The molecule has 162 valence electrons. The first-order valence-electron chi connectivity index (χ1n) is 10.6. The highest BCUT2D eigenvalue weighted by Gasteiger charge is 2.24. The van der Waals surface area contributed by atoms with Crippen molar-refractivity contribution >= 4 is 22.9 Å². The summed E-state index contributed by atoms with van der Waals surface area (Å²) in [4.78, 5) is 26.7. The van der Waals surface area contributed by atoms with Crippen molar-refractivity contribution in [2.75, 3.05) is 26.3 Å². The molecule has 7 nitrogen and oxygen atoms in total. The molecule has 0 spiro atoms. The minimum Gasteiger partial charge on any atom is -0.475 e. The molecule has 2 aromatic heterocycles. The Kier molecular flexibility index (Phi) is 6.32. The second-order valence-electron chi connectivity index (χ2n) is 8.07. The average Bonchev–Trinajstić information content (AvgIpc) is 3.19. The van der Waals surface area contributed by atoms with E-state index in [1.807, 2.05) is 49.5 Å². The fraction of sp³-hybridized carbons (Fsp3) is 0.375. The summed E-state index contributed by atoms with van der Waals surface area (Å²) in [7, 11) is 0. The van der Waals surface area contributed by atoms with Gasteiger partial charge < -0.3 is 19.4 Å². The van der Waals surface area contributed by atoms with Crippen LogP contribution in [0.4, 0.5) is 0 Å². The molecule has 1 fully saturated rings. The van der Waals surface area contributed by atoms with E-state index in [0.29, 0.717) is 32.2 Å². The fourth-order valence-electron chi connectivity index (χ4n) is 3.59. The predicted molar refractivity (Wildman–Crippen MR) is 120 cm³/mol. The van der Waals surface area contributed by atoms with Crippen LogP contribution >= 0.6 is 0 Å². The number of aryl methyl sites for hydroxylation is 1. The number of fused-ring (bicyclic) bond motifs is 1. The van der Waals surface area contributed by atoms with Gasteiger partial charge in [-0.05, 0) is 24.6 Å². The van der Waals surface area contributed by atoms with Gasteiger partial charge in [-0.15, -0.1) is 0 Å². The van der Waals surface area contributed by atoms with Gasteiger partial charge in [-0.25, -0.2) is 4.98 Å². The Morgan fingerprint density at radius 3 is 3.03 bits per heavy atom. The summed E-state index contributed by atoms with van der Waals surface area (Å²) in [6.07, 6.45) is 5.21. The number of rotatable bonds is 6. The number of nitrogens with zero attached hydrogens (tertiary/aromatic N) is 3. The van der Waals surface area contributed by atoms with Crippen molar-refractivity contribution < 1.29 is 14.3 Å². The van der Waals surface area contributed by atoms with Crippen LogP contribution in [0.25, 0.3) is 17.0 Å². The van der Waals surface area contributed by atoms with Gasteiger partial charge in [0.1, 0.15) is 18.5 Å². The maximum absolute atomic E-state index is 12.7. The standard InChI is InChI=1S/C24H28N4O3/c1-16(2)24-26-17(3)12-22(27-24)31-15-19-14-28(10-11-30-19)23(29)9-8-18-13-25-21-7-5-4-6-20(18)21/h4-9,12-13,16,19,25H,10-11,14-15H2,1-3H3/b9-8+. The van der Waals surface area contributed by atoms with Crippen molar-refractivity contribution in [1.82, 2.24) is 19.9 Å². The average molecular weight is 421 g/mol. The summed E-state index contributed by atoms with van der Waals surface area (Å²) in [6.45, 7) is 7.91. The van der Waals surface area contributed by atoms with Crippen LogP contribution in [0.3, 0.4) is 0 Å². The van der Waals surface area contributed by atoms with Crippen molar-refractivity contribution in [3.05, 3.63) is 59.7 Å². The molecule has 4 rings (SSSR count). The van der Waals surface area contributed by atoms with Gasteiger partial charge in [0.2, 0.25) is 11.8 Å². The van der Waals surface area contributed by atoms with Crippen LogP contribution in [-0.4, -0.2) is 58.2 Å². The smallest absolute Gasteiger partial charge is 0.246 e. The zero-order chi connectivity index (χ0) is 21.8. The van der Waals surface area contributed by atoms with Gasteiger partial charge in [-0.1, -0.05) is 32.0 Å². The number of aromatic amines is 1. The molecule has 31 heavy (non-hydrogen) atoms. The zero-order valence-electron chi connectivity index (χ0n) is 18.2. The molecule has 0 bridgehead atoms. The minimum atomic E-state index is -0.197. The number of H-pyrrole nitrogens is 1. The second kappa shape index (κ2) is 9.31. The molecule has 1 aliphatic rings. The third kappa shape index (κ3) is 5.11. The van der Waals surface area contributed by atoms with E-state index in [9.17, 15) is 4.79 Å².